The fraction of sp³-hybridized carbons (Fsp3) is 0.333. The first-order chi connectivity index (χ1) is 18.2. The van der Waals surface area contributed by atoms with Crippen LogP contribution in [0.5, 0.6) is 0 Å². The van der Waals surface area contributed by atoms with E-state index in [1.54, 1.807) is 18.6 Å². The summed E-state index contributed by atoms with van der Waals surface area (Å²) in [5.41, 5.74) is 7.18. The van der Waals surface area contributed by atoms with E-state index in [1.165, 1.54) is 10.9 Å². The van der Waals surface area contributed by atoms with Crippen molar-refractivity contribution in [1.82, 2.24) is 29.6 Å². The molecule has 0 saturated carbocycles. The minimum absolute atomic E-state index is 0.0784. The van der Waals surface area contributed by atoms with Gasteiger partial charge in [0, 0.05) is 48.6 Å². The molecular weight excluding hydrogens is 458 g/mol. The Morgan fingerprint density at radius 3 is 2.51 bits per heavy atom. The van der Waals surface area contributed by atoms with Gasteiger partial charge in [-0.3, -0.25) is 9.97 Å². The van der Waals surface area contributed by atoms with Crippen molar-refractivity contribution in [3.05, 3.63) is 79.0 Å². The van der Waals surface area contributed by atoms with Crippen LogP contribution in [0.3, 0.4) is 0 Å². The Morgan fingerprint density at radius 1 is 0.919 bits per heavy atom. The van der Waals surface area contributed by atoms with Gasteiger partial charge in [0.2, 0.25) is 0 Å². The Labute approximate surface area is 218 Å². The van der Waals surface area contributed by atoms with E-state index in [0.29, 0.717) is 5.92 Å². The molecule has 1 atom stereocenters. The highest BCUT2D eigenvalue weighted by atomic mass is 15.1. The first-order valence-corrected chi connectivity index (χ1v) is 13.2. The highest BCUT2D eigenvalue weighted by Crippen LogP contribution is 2.36. The van der Waals surface area contributed by atoms with E-state index >= 15 is 0 Å². The number of anilines is 1. The number of piperidine rings is 1. The molecule has 1 fully saturated rings. The Bertz CT molecular complexity index is 1470. The molecule has 5 aromatic rings. The molecule has 0 bridgehead atoms. The summed E-state index contributed by atoms with van der Waals surface area (Å²) in [5, 5.41) is 13.7. The van der Waals surface area contributed by atoms with Crippen LogP contribution in [0.15, 0.2) is 73.3 Å². The van der Waals surface area contributed by atoms with E-state index in [4.69, 9.17) is 4.98 Å². The van der Waals surface area contributed by atoms with Crippen LogP contribution in [0.4, 0.5) is 5.69 Å². The van der Waals surface area contributed by atoms with Crippen LogP contribution in [0.1, 0.15) is 38.4 Å². The average molecular weight is 494 g/mol. The minimum atomic E-state index is 0.0784. The smallest absolute Gasteiger partial charge is 0.0966 e. The van der Waals surface area contributed by atoms with Gasteiger partial charge in [0.05, 0.1) is 22.8 Å². The molecule has 2 aromatic carbocycles. The first kappa shape index (κ1) is 24.8. The summed E-state index contributed by atoms with van der Waals surface area (Å²) in [6.07, 6.45) is 9.59. The number of likely N-dealkylation sites (tertiary alicyclic amines) is 1. The normalized spacial score (nSPS) is 15.4. The number of nitrogens with zero attached hydrogens (tertiary/aromatic N) is 6. The Hall–Kier alpha value is -3.84. The van der Waals surface area contributed by atoms with Crippen molar-refractivity contribution in [3.63, 3.8) is 0 Å². The average Bonchev–Trinajstić information content (AvgIpc) is 3.33. The fourth-order valence-corrected chi connectivity index (χ4v) is 5.26. The third-order valence-corrected chi connectivity index (χ3v) is 7.24. The van der Waals surface area contributed by atoms with Crippen molar-refractivity contribution < 1.29 is 0 Å². The summed E-state index contributed by atoms with van der Waals surface area (Å²) < 4.78 is 2.15. The number of hydrogen-bond acceptors (Lipinski definition) is 6. The molecule has 6 rings (SSSR count). The molecule has 0 radical (unpaired) electrons. The summed E-state index contributed by atoms with van der Waals surface area (Å²) >= 11 is 0. The second-order valence-electron chi connectivity index (χ2n) is 9.56. The lowest BCUT2D eigenvalue weighted by atomic mass is 9.87. The number of benzene rings is 2. The molecule has 1 unspecified atom stereocenters. The van der Waals surface area contributed by atoms with Gasteiger partial charge in [-0.25, -0.2) is 0 Å². The van der Waals surface area contributed by atoms with Gasteiger partial charge in [-0.2, -0.15) is 10.2 Å². The van der Waals surface area contributed by atoms with Crippen molar-refractivity contribution in [2.75, 3.05) is 25.5 Å². The quantitative estimate of drug-likeness (QED) is 0.319. The molecule has 7 heteroatoms. The lowest BCUT2D eigenvalue weighted by Crippen LogP contribution is -2.35. The minimum Gasteiger partial charge on any atom is -0.376 e. The maximum absolute atomic E-state index is 4.70. The van der Waals surface area contributed by atoms with Crippen LogP contribution < -0.4 is 5.32 Å². The van der Waals surface area contributed by atoms with Gasteiger partial charge in [-0.15, -0.1) is 0 Å². The van der Waals surface area contributed by atoms with Crippen LogP contribution >= 0.6 is 0 Å². The number of fused-ring (bicyclic) bond motifs is 2. The Kier molecular flexibility index (Phi) is 7.42. The Balaban J connectivity index is 0.00000137. The second-order valence-corrected chi connectivity index (χ2v) is 9.56. The molecule has 0 amide bonds. The largest absolute Gasteiger partial charge is 0.376 e. The second kappa shape index (κ2) is 11.0. The molecule has 1 saturated heterocycles. The summed E-state index contributed by atoms with van der Waals surface area (Å²) in [7, 11) is 4.27. The molecule has 1 aliphatic rings. The van der Waals surface area contributed by atoms with E-state index in [1.807, 2.05) is 19.9 Å². The van der Waals surface area contributed by atoms with Crippen molar-refractivity contribution in [3.8, 4) is 11.1 Å². The fourth-order valence-electron chi connectivity index (χ4n) is 5.26. The van der Waals surface area contributed by atoms with Gasteiger partial charge in [0.25, 0.3) is 0 Å². The third kappa shape index (κ3) is 5.18. The molecule has 1 aliphatic heterocycles. The zero-order valence-corrected chi connectivity index (χ0v) is 22.1. The van der Waals surface area contributed by atoms with Crippen LogP contribution in [-0.4, -0.2) is 49.8 Å². The van der Waals surface area contributed by atoms with Gasteiger partial charge < -0.3 is 14.8 Å². The van der Waals surface area contributed by atoms with E-state index in [-0.39, 0.29) is 6.04 Å². The standard InChI is InChI=1S/C28H29N7.C2H6/c1-34-13-7-20(8-14-34)27(24-4-3-10-31-33-24)32-22-17-23(28-25(18-22)29-11-12-30-28)21-6-5-19-9-15-35(2)26(19)16-21;1-2/h3-6,9-12,15-18,20,27,32H,7-8,13-14H2,1-2H3;1-2H3. The number of rotatable bonds is 5. The number of aromatic nitrogens is 5. The summed E-state index contributed by atoms with van der Waals surface area (Å²) in [4.78, 5) is 11.8. The molecule has 37 heavy (non-hydrogen) atoms. The first-order valence-electron chi connectivity index (χ1n) is 13.2. The lowest BCUT2D eigenvalue weighted by molar-refractivity contribution is 0.203. The SMILES string of the molecule is CC.CN1CCC(C(Nc2cc(-c3ccc4ccn(C)c4c3)c3nccnc3c2)c2cccnn2)CC1. The zero-order valence-electron chi connectivity index (χ0n) is 22.1. The summed E-state index contributed by atoms with van der Waals surface area (Å²) in [5.74, 6) is 0.476. The molecule has 4 heterocycles. The van der Waals surface area contributed by atoms with E-state index in [9.17, 15) is 0 Å². The summed E-state index contributed by atoms with van der Waals surface area (Å²) in [6, 6.07) is 17.2. The van der Waals surface area contributed by atoms with Gasteiger partial charge >= 0.3 is 0 Å². The molecule has 3 aromatic heterocycles. The summed E-state index contributed by atoms with van der Waals surface area (Å²) in [6.45, 7) is 6.18. The number of hydrogen-bond donors (Lipinski definition) is 1. The van der Waals surface area contributed by atoms with Gasteiger partial charge in [0.15, 0.2) is 0 Å². The third-order valence-electron chi connectivity index (χ3n) is 7.24. The van der Waals surface area contributed by atoms with Crippen molar-refractivity contribution >= 4 is 27.6 Å². The molecule has 7 nitrogen and oxygen atoms in total. The molecule has 0 aliphatic carbocycles. The maximum atomic E-state index is 4.70. The maximum Gasteiger partial charge on any atom is 0.0966 e. The number of nitrogens with one attached hydrogen (secondary N) is 1. The molecule has 190 valence electrons. The van der Waals surface area contributed by atoms with Crippen molar-refractivity contribution in [1.29, 1.82) is 0 Å². The van der Waals surface area contributed by atoms with Crippen LogP contribution in [0.2, 0.25) is 0 Å². The van der Waals surface area contributed by atoms with Gasteiger partial charge in [-0.1, -0.05) is 26.0 Å². The van der Waals surface area contributed by atoms with E-state index < -0.39 is 0 Å². The molecular formula is C30H35N7. The monoisotopic (exact) mass is 493 g/mol. The van der Waals surface area contributed by atoms with Gasteiger partial charge in [0.1, 0.15) is 0 Å². The Morgan fingerprint density at radius 2 is 1.73 bits per heavy atom. The lowest BCUT2D eigenvalue weighted by Gasteiger charge is -2.34. The van der Waals surface area contributed by atoms with Crippen LogP contribution in [0.25, 0.3) is 33.1 Å². The molecule has 0 spiro atoms. The van der Waals surface area contributed by atoms with E-state index in [0.717, 1.165) is 59.5 Å². The van der Waals surface area contributed by atoms with Gasteiger partial charge in [-0.05, 0) is 86.2 Å². The predicted octanol–water partition coefficient (Wildman–Crippen LogP) is 6.10. The predicted molar refractivity (Wildman–Crippen MR) is 151 cm³/mol. The van der Waals surface area contributed by atoms with Crippen LogP contribution in [0, 0.1) is 5.92 Å². The van der Waals surface area contributed by atoms with E-state index in [2.05, 4.69) is 92.7 Å². The van der Waals surface area contributed by atoms with Crippen LogP contribution in [-0.2, 0) is 7.05 Å². The molecule has 1 N–H and O–H groups in total. The number of aryl methyl sites for hydroxylation is 1. The van der Waals surface area contributed by atoms with Crippen molar-refractivity contribution in [2.45, 2.75) is 32.7 Å². The highest BCUT2D eigenvalue weighted by molar-refractivity contribution is 5.97. The topological polar surface area (TPSA) is 71.8 Å². The van der Waals surface area contributed by atoms with Crippen molar-refractivity contribution in [2.24, 2.45) is 13.0 Å². The zero-order chi connectivity index (χ0) is 25.8. The highest BCUT2D eigenvalue weighted by Gasteiger charge is 2.28.